The molecule has 0 aromatic heterocycles. The van der Waals surface area contributed by atoms with Gasteiger partial charge in [-0.2, -0.15) is 0 Å². The molecule has 2 heteroatoms. The number of rotatable bonds is 5. The third-order valence-corrected chi connectivity index (χ3v) is 2.33. The van der Waals surface area contributed by atoms with Gasteiger partial charge in [-0.3, -0.25) is 0 Å². The first kappa shape index (κ1) is 9.52. The Morgan fingerprint density at radius 3 is 2.44 bits per heavy atom. The van der Waals surface area contributed by atoms with E-state index in [9.17, 15) is 0 Å². The molecule has 0 atom stereocenters. The van der Waals surface area contributed by atoms with Crippen LogP contribution >= 0.6 is 7.36 Å². The van der Waals surface area contributed by atoms with Gasteiger partial charge in [-0.05, 0) is 25.9 Å². The summed E-state index contributed by atoms with van der Waals surface area (Å²) >= 11 is 4.80. The Morgan fingerprint density at radius 1 is 1.33 bits per heavy atom. The second-order valence-electron chi connectivity index (χ2n) is 2.74. The first-order valence-corrected chi connectivity index (χ1v) is 5.65. The van der Waals surface area contributed by atoms with Gasteiger partial charge in [-0.15, -0.1) is 0 Å². The third-order valence-electron chi connectivity index (χ3n) is 1.28. The molecule has 0 saturated heterocycles. The van der Waals surface area contributed by atoms with E-state index < -0.39 is 0 Å². The standard InChI is InChI=1S/C7H15PS/c1-7(2)5-3-4-6-8-9/h7H,3-6H2,1-2H3. The monoisotopic (exact) mass is 162 g/mol. The maximum absolute atomic E-state index is 4.80. The molecule has 0 saturated carbocycles. The molecule has 0 aromatic carbocycles. The highest BCUT2D eigenvalue weighted by Crippen LogP contribution is 2.08. The predicted molar refractivity (Wildman–Crippen MR) is 47.8 cm³/mol. The molecule has 0 fully saturated rings. The van der Waals surface area contributed by atoms with Crippen LogP contribution in [0, 0.1) is 5.92 Å². The quantitative estimate of drug-likeness (QED) is 0.442. The summed E-state index contributed by atoms with van der Waals surface area (Å²) < 4.78 is 0. The molecule has 0 aromatic rings. The van der Waals surface area contributed by atoms with Crippen LogP contribution in [0.1, 0.15) is 33.1 Å². The largest absolute Gasteiger partial charge is 0.0628 e. The molecule has 0 nitrogen and oxygen atoms in total. The van der Waals surface area contributed by atoms with E-state index in [2.05, 4.69) is 13.8 Å². The van der Waals surface area contributed by atoms with E-state index in [1.807, 2.05) is 0 Å². The number of hydrogen-bond acceptors (Lipinski definition) is 1. The van der Waals surface area contributed by atoms with Gasteiger partial charge in [0.1, 0.15) is 0 Å². The molecular weight excluding hydrogens is 147 g/mol. The molecule has 0 rings (SSSR count). The van der Waals surface area contributed by atoms with Gasteiger partial charge in [0.05, 0.1) is 0 Å². The normalized spacial score (nSPS) is 11.0. The molecule has 0 N–H and O–H groups in total. The lowest BCUT2D eigenvalue weighted by Gasteiger charge is -2.00. The van der Waals surface area contributed by atoms with Crippen LogP contribution in [0.5, 0.6) is 0 Å². The molecule has 0 heterocycles. The molecule has 0 bridgehead atoms. The minimum atomic E-state index is 0.867. The summed E-state index contributed by atoms with van der Waals surface area (Å²) in [5.74, 6) is 0.867. The molecular formula is C7H15PS. The fourth-order valence-electron chi connectivity index (χ4n) is 0.729. The summed E-state index contributed by atoms with van der Waals surface area (Å²) in [5, 5.41) is 0. The van der Waals surface area contributed by atoms with Crippen molar-refractivity contribution in [3.8, 4) is 0 Å². The fraction of sp³-hybridized carbons (Fsp3) is 1.00. The van der Waals surface area contributed by atoms with Crippen LogP contribution < -0.4 is 0 Å². The number of hydrogen-bond donors (Lipinski definition) is 0. The van der Waals surface area contributed by atoms with Crippen LogP contribution in [0.15, 0.2) is 0 Å². The summed E-state index contributed by atoms with van der Waals surface area (Å²) in [6, 6.07) is 0. The molecule has 0 aliphatic rings. The van der Waals surface area contributed by atoms with E-state index in [4.69, 9.17) is 11.8 Å². The highest BCUT2D eigenvalue weighted by Gasteiger charge is 1.91. The Kier molecular flexibility index (Phi) is 7.02. The summed E-state index contributed by atoms with van der Waals surface area (Å²) in [6.07, 6.45) is 5.26. The van der Waals surface area contributed by atoms with Gasteiger partial charge in [0.2, 0.25) is 0 Å². The lowest BCUT2D eigenvalue weighted by Crippen LogP contribution is -1.86. The van der Waals surface area contributed by atoms with Crippen molar-refractivity contribution in [2.45, 2.75) is 33.1 Å². The van der Waals surface area contributed by atoms with Crippen LogP contribution in [0.2, 0.25) is 0 Å². The third kappa shape index (κ3) is 8.52. The maximum atomic E-state index is 4.80. The molecule has 0 unspecified atom stereocenters. The Morgan fingerprint density at radius 2 is 2.00 bits per heavy atom. The molecule has 0 aliphatic carbocycles. The lowest BCUT2D eigenvalue weighted by molar-refractivity contribution is 0.551. The Balaban J connectivity index is 2.82. The van der Waals surface area contributed by atoms with Crippen LogP contribution in [0.4, 0.5) is 0 Å². The Labute approximate surface area is 64.9 Å². The molecule has 0 radical (unpaired) electrons. The van der Waals surface area contributed by atoms with Crippen molar-refractivity contribution in [3.63, 3.8) is 0 Å². The molecule has 54 valence electrons. The zero-order valence-corrected chi connectivity index (χ0v) is 7.97. The molecule has 0 aliphatic heterocycles. The molecule has 9 heavy (non-hydrogen) atoms. The minimum absolute atomic E-state index is 0.867. The van der Waals surface area contributed by atoms with Crippen LogP contribution in [0.3, 0.4) is 0 Å². The van der Waals surface area contributed by atoms with Crippen molar-refractivity contribution < 1.29 is 0 Å². The summed E-state index contributed by atoms with van der Waals surface area (Å²) in [6.45, 7) is 4.54. The van der Waals surface area contributed by atoms with Gasteiger partial charge in [0.15, 0.2) is 0 Å². The van der Waals surface area contributed by atoms with E-state index in [1.54, 1.807) is 0 Å². The van der Waals surface area contributed by atoms with E-state index in [0.29, 0.717) is 0 Å². The van der Waals surface area contributed by atoms with Gasteiger partial charge in [0.25, 0.3) is 0 Å². The fourth-order valence-corrected chi connectivity index (χ4v) is 1.47. The summed E-state index contributed by atoms with van der Waals surface area (Å²) in [5.41, 5.74) is 0. The average Bonchev–Trinajstić information content (AvgIpc) is 1.80. The zero-order valence-electron chi connectivity index (χ0n) is 6.26. The van der Waals surface area contributed by atoms with E-state index in [0.717, 1.165) is 13.3 Å². The molecule has 0 amide bonds. The van der Waals surface area contributed by atoms with Crippen LogP contribution in [-0.4, -0.2) is 6.16 Å². The first-order valence-electron chi connectivity index (χ1n) is 3.56. The smallest absolute Gasteiger partial charge is 0.000157 e. The second kappa shape index (κ2) is 6.64. The zero-order chi connectivity index (χ0) is 7.11. The number of unbranched alkanes of at least 4 members (excludes halogenated alkanes) is 1. The van der Waals surface area contributed by atoms with Gasteiger partial charge in [-0.1, -0.05) is 38.5 Å². The SMILES string of the molecule is CC(C)CCCCP=S. The minimum Gasteiger partial charge on any atom is -0.0628 e. The summed E-state index contributed by atoms with van der Waals surface area (Å²) in [7, 11) is 1.14. The van der Waals surface area contributed by atoms with Crippen molar-refractivity contribution in [1.82, 2.24) is 0 Å². The highest BCUT2D eigenvalue weighted by molar-refractivity contribution is 7.96. The van der Waals surface area contributed by atoms with Crippen molar-refractivity contribution in [1.29, 1.82) is 0 Å². The van der Waals surface area contributed by atoms with Crippen molar-refractivity contribution in [2.24, 2.45) is 5.92 Å². The molecule has 0 spiro atoms. The topological polar surface area (TPSA) is 0 Å². The second-order valence-corrected chi connectivity index (χ2v) is 4.22. The van der Waals surface area contributed by atoms with Gasteiger partial charge >= 0.3 is 0 Å². The maximum Gasteiger partial charge on any atom is -0.000157 e. The van der Waals surface area contributed by atoms with Crippen molar-refractivity contribution >= 4 is 19.2 Å². The van der Waals surface area contributed by atoms with Crippen LogP contribution in [0.25, 0.3) is 0 Å². The lowest BCUT2D eigenvalue weighted by atomic mass is 10.1. The van der Waals surface area contributed by atoms with Crippen molar-refractivity contribution in [2.75, 3.05) is 6.16 Å². The first-order chi connectivity index (χ1) is 4.27. The summed E-state index contributed by atoms with van der Waals surface area (Å²) in [4.78, 5) is 0. The predicted octanol–water partition coefficient (Wildman–Crippen LogP) is 3.22. The van der Waals surface area contributed by atoms with Gasteiger partial charge in [-0.25, -0.2) is 0 Å². The van der Waals surface area contributed by atoms with Gasteiger partial charge < -0.3 is 0 Å². The Hall–Kier alpha value is 0.520. The highest BCUT2D eigenvalue weighted by atomic mass is 32.4. The Bertz CT molecular complexity index is 71.3. The average molecular weight is 162 g/mol. The van der Waals surface area contributed by atoms with Crippen molar-refractivity contribution in [3.05, 3.63) is 0 Å². The van der Waals surface area contributed by atoms with Crippen LogP contribution in [-0.2, 0) is 11.8 Å². The van der Waals surface area contributed by atoms with E-state index in [1.165, 1.54) is 25.4 Å². The van der Waals surface area contributed by atoms with E-state index in [-0.39, 0.29) is 0 Å². The van der Waals surface area contributed by atoms with Gasteiger partial charge in [0, 0.05) is 0 Å². The van der Waals surface area contributed by atoms with E-state index >= 15 is 0 Å².